The highest BCUT2D eigenvalue weighted by molar-refractivity contribution is 8.18. The number of aliphatic imine (C=N–C) groups is 1. The van der Waals surface area contributed by atoms with Gasteiger partial charge in [-0.05, 0) is 55.4 Å². The summed E-state index contributed by atoms with van der Waals surface area (Å²) in [7, 11) is 1.23. The number of nitrogens with zero attached hydrogens (tertiary/aromatic N) is 2. The minimum absolute atomic E-state index is 0.0792. The summed E-state index contributed by atoms with van der Waals surface area (Å²) < 4.78 is 10.1. The van der Waals surface area contributed by atoms with Gasteiger partial charge in [-0.15, -0.1) is 0 Å². The van der Waals surface area contributed by atoms with Crippen LogP contribution in [0.4, 0.5) is 11.4 Å². The van der Waals surface area contributed by atoms with Crippen LogP contribution >= 0.6 is 11.8 Å². The lowest BCUT2D eigenvalue weighted by molar-refractivity contribution is -0.386. The van der Waals surface area contributed by atoms with Gasteiger partial charge in [0.2, 0.25) is 5.75 Å². The molecule has 0 aliphatic carbocycles. The molecule has 0 spiro atoms. The SMILES string of the molecule is COc1c(OC(C)=O)ccc(/C=C2\SC(=Nc3ccc(C)cc3C)NC2=O)c1[N+](=O)[O-]. The van der Waals surface area contributed by atoms with E-state index in [1.54, 1.807) is 0 Å². The van der Waals surface area contributed by atoms with Gasteiger partial charge in [0.25, 0.3) is 5.91 Å². The Labute approximate surface area is 182 Å². The number of thioether (sulfide) groups is 1. The Morgan fingerprint density at radius 3 is 2.61 bits per heavy atom. The minimum Gasteiger partial charge on any atom is -0.488 e. The van der Waals surface area contributed by atoms with Gasteiger partial charge in [-0.1, -0.05) is 17.7 Å². The van der Waals surface area contributed by atoms with Crippen LogP contribution < -0.4 is 14.8 Å². The van der Waals surface area contributed by atoms with E-state index in [1.807, 2.05) is 32.0 Å². The first-order valence-electron chi connectivity index (χ1n) is 9.10. The molecule has 1 saturated heterocycles. The van der Waals surface area contributed by atoms with Crippen LogP contribution in [0.25, 0.3) is 6.08 Å². The predicted octanol–water partition coefficient (Wildman–Crippen LogP) is 4.04. The highest BCUT2D eigenvalue weighted by Crippen LogP contribution is 2.41. The zero-order valence-corrected chi connectivity index (χ0v) is 18.0. The smallest absolute Gasteiger partial charge is 0.322 e. The maximum absolute atomic E-state index is 12.4. The highest BCUT2D eigenvalue weighted by atomic mass is 32.2. The zero-order valence-electron chi connectivity index (χ0n) is 17.2. The van der Waals surface area contributed by atoms with Gasteiger partial charge in [-0.25, -0.2) is 4.99 Å². The molecule has 9 nitrogen and oxygen atoms in total. The maximum Gasteiger partial charge on any atom is 0.322 e. The van der Waals surface area contributed by atoms with E-state index < -0.39 is 22.5 Å². The van der Waals surface area contributed by atoms with Gasteiger partial charge in [-0.2, -0.15) is 0 Å². The number of aryl methyl sites for hydroxylation is 2. The molecule has 0 unspecified atom stereocenters. The molecule has 10 heteroatoms. The Bertz CT molecular complexity index is 1160. The fourth-order valence-electron chi connectivity index (χ4n) is 2.97. The molecule has 0 aromatic heterocycles. The van der Waals surface area contributed by atoms with Crippen molar-refractivity contribution in [3.63, 3.8) is 0 Å². The average Bonchev–Trinajstić information content (AvgIpc) is 3.03. The number of esters is 1. The number of methoxy groups -OCH3 is 1. The second-order valence-corrected chi connectivity index (χ2v) is 7.69. The summed E-state index contributed by atoms with van der Waals surface area (Å²) >= 11 is 1.07. The zero-order chi connectivity index (χ0) is 22.7. The van der Waals surface area contributed by atoms with E-state index in [-0.39, 0.29) is 22.0 Å². The molecule has 1 N–H and O–H groups in total. The van der Waals surface area contributed by atoms with E-state index in [4.69, 9.17) is 9.47 Å². The third-order valence-electron chi connectivity index (χ3n) is 4.28. The number of carbonyl (C=O) groups excluding carboxylic acids is 2. The molecule has 2 aromatic carbocycles. The minimum atomic E-state index is -0.652. The molecule has 31 heavy (non-hydrogen) atoms. The van der Waals surface area contributed by atoms with E-state index in [0.717, 1.165) is 22.9 Å². The first kappa shape index (κ1) is 22.0. The van der Waals surface area contributed by atoms with E-state index in [9.17, 15) is 19.7 Å². The largest absolute Gasteiger partial charge is 0.488 e. The first-order valence-corrected chi connectivity index (χ1v) is 9.92. The van der Waals surface area contributed by atoms with Crippen LogP contribution in [0, 0.1) is 24.0 Å². The third-order valence-corrected chi connectivity index (χ3v) is 5.19. The Morgan fingerprint density at radius 2 is 2.00 bits per heavy atom. The van der Waals surface area contributed by atoms with Crippen molar-refractivity contribution in [2.75, 3.05) is 7.11 Å². The Hall–Kier alpha value is -3.66. The molecule has 1 heterocycles. The summed E-state index contributed by atoms with van der Waals surface area (Å²) in [6, 6.07) is 8.53. The van der Waals surface area contributed by atoms with Crippen molar-refractivity contribution in [1.82, 2.24) is 5.32 Å². The molecule has 3 rings (SSSR count). The summed E-state index contributed by atoms with van der Waals surface area (Å²) in [4.78, 5) is 39.4. The lowest BCUT2D eigenvalue weighted by Crippen LogP contribution is -2.19. The number of benzene rings is 2. The average molecular weight is 441 g/mol. The van der Waals surface area contributed by atoms with Gasteiger partial charge in [0, 0.05) is 6.92 Å². The van der Waals surface area contributed by atoms with Crippen molar-refractivity contribution in [1.29, 1.82) is 0 Å². The summed E-state index contributed by atoms with van der Waals surface area (Å²) in [5, 5.41) is 14.7. The number of carbonyl (C=O) groups is 2. The van der Waals surface area contributed by atoms with Crippen LogP contribution in [0.1, 0.15) is 23.6 Å². The quantitative estimate of drug-likeness (QED) is 0.244. The molecule has 0 bridgehead atoms. The van der Waals surface area contributed by atoms with Gasteiger partial charge in [-0.3, -0.25) is 19.7 Å². The monoisotopic (exact) mass is 441 g/mol. The number of nitro benzene ring substituents is 1. The molecular weight excluding hydrogens is 422 g/mol. The topological polar surface area (TPSA) is 120 Å². The summed E-state index contributed by atoms with van der Waals surface area (Å²) in [6.45, 7) is 5.08. The number of ether oxygens (including phenoxy) is 2. The van der Waals surface area contributed by atoms with Gasteiger partial charge >= 0.3 is 11.7 Å². The van der Waals surface area contributed by atoms with Crippen LogP contribution in [0.3, 0.4) is 0 Å². The van der Waals surface area contributed by atoms with Gasteiger partial charge in [0.1, 0.15) is 0 Å². The highest BCUT2D eigenvalue weighted by Gasteiger charge is 2.29. The number of rotatable bonds is 5. The van der Waals surface area contributed by atoms with Crippen LogP contribution in [-0.2, 0) is 9.59 Å². The number of hydrogen-bond donors (Lipinski definition) is 1. The second-order valence-electron chi connectivity index (χ2n) is 6.66. The van der Waals surface area contributed by atoms with E-state index in [0.29, 0.717) is 10.9 Å². The van der Waals surface area contributed by atoms with Crippen molar-refractivity contribution >= 4 is 46.3 Å². The van der Waals surface area contributed by atoms with Crippen LogP contribution in [0.5, 0.6) is 11.5 Å². The van der Waals surface area contributed by atoms with Crippen LogP contribution in [0.15, 0.2) is 40.2 Å². The Morgan fingerprint density at radius 1 is 1.26 bits per heavy atom. The van der Waals surface area contributed by atoms with Crippen molar-refractivity contribution in [2.45, 2.75) is 20.8 Å². The number of hydrogen-bond acceptors (Lipinski definition) is 8. The van der Waals surface area contributed by atoms with Crippen LogP contribution in [-0.4, -0.2) is 29.1 Å². The standard InChI is InChI=1S/C21H19N3O6S/c1-11-5-7-15(12(2)9-11)22-21-23-20(26)17(31-21)10-14-6-8-16(30-13(3)25)19(29-4)18(14)24(27)28/h5-10H,1-4H3,(H,22,23,26)/b17-10-. The number of amides is 1. The van der Waals surface area contributed by atoms with Crippen molar-refractivity contribution in [3.8, 4) is 11.5 Å². The molecule has 160 valence electrons. The van der Waals surface area contributed by atoms with Crippen LogP contribution in [0.2, 0.25) is 0 Å². The molecule has 0 saturated carbocycles. The molecule has 0 atom stereocenters. The third kappa shape index (κ3) is 4.92. The van der Waals surface area contributed by atoms with E-state index in [2.05, 4.69) is 10.3 Å². The summed E-state index contributed by atoms with van der Waals surface area (Å²) in [5.41, 5.74) is 2.49. The molecule has 1 amide bonds. The van der Waals surface area contributed by atoms with E-state index >= 15 is 0 Å². The Balaban J connectivity index is 1.99. The fourth-order valence-corrected chi connectivity index (χ4v) is 3.79. The first-order chi connectivity index (χ1) is 14.7. The lowest BCUT2D eigenvalue weighted by Gasteiger charge is -2.10. The van der Waals surface area contributed by atoms with Crippen molar-refractivity contribution in [2.24, 2.45) is 4.99 Å². The molecule has 0 radical (unpaired) electrons. The maximum atomic E-state index is 12.4. The molecule has 1 aliphatic heterocycles. The fraction of sp³-hybridized carbons (Fsp3) is 0.190. The van der Waals surface area contributed by atoms with Gasteiger partial charge < -0.3 is 14.8 Å². The van der Waals surface area contributed by atoms with Crippen molar-refractivity contribution < 1.29 is 24.0 Å². The number of nitro groups is 1. The van der Waals surface area contributed by atoms with Gasteiger partial charge in [0.05, 0.1) is 28.2 Å². The summed E-state index contributed by atoms with van der Waals surface area (Å²) in [5.74, 6) is -1.35. The van der Waals surface area contributed by atoms with Gasteiger partial charge in [0.15, 0.2) is 10.9 Å². The second kappa shape index (κ2) is 9.00. The molecule has 1 aliphatic rings. The molecular formula is C21H19N3O6S. The predicted molar refractivity (Wildman–Crippen MR) is 118 cm³/mol. The number of amidine groups is 1. The van der Waals surface area contributed by atoms with Crippen molar-refractivity contribution in [3.05, 3.63) is 62.0 Å². The number of nitrogens with one attached hydrogen (secondary N) is 1. The Kier molecular flexibility index (Phi) is 6.40. The molecule has 1 fully saturated rings. The molecule has 2 aromatic rings. The van der Waals surface area contributed by atoms with E-state index in [1.165, 1.54) is 32.2 Å². The normalized spacial score (nSPS) is 15.8. The summed E-state index contributed by atoms with van der Waals surface area (Å²) in [6.07, 6.45) is 1.38. The lowest BCUT2D eigenvalue weighted by atomic mass is 10.1.